The average Bonchev–Trinajstić information content (AvgIpc) is 3.21. The molecule has 0 saturated carbocycles. The fourth-order valence-corrected chi connectivity index (χ4v) is 4.72. The van der Waals surface area contributed by atoms with E-state index in [9.17, 15) is 4.79 Å². The van der Waals surface area contributed by atoms with Crippen LogP contribution < -0.4 is 19.5 Å². The molecule has 2 amide bonds. The van der Waals surface area contributed by atoms with Crippen LogP contribution >= 0.6 is 11.3 Å². The number of ether oxygens (including phenoxy) is 3. The molecule has 0 radical (unpaired) electrons. The van der Waals surface area contributed by atoms with E-state index >= 15 is 0 Å². The minimum atomic E-state index is -0.139. The molecule has 1 fully saturated rings. The molecule has 0 atom stereocenters. The second-order valence-corrected chi connectivity index (χ2v) is 8.65. The molecule has 164 valence electrons. The first-order chi connectivity index (χ1) is 15.0. The summed E-state index contributed by atoms with van der Waals surface area (Å²) < 4.78 is 17.9. The number of amides is 2. The van der Waals surface area contributed by atoms with E-state index in [1.54, 1.807) is 48.7 Å². The van der Waals surface area contributed by atoms with Crippen LogP contribution in [0.4, 0.5) is 10.5 Å². The van der Waals surface area contributed by atoms with Crippen LogP contribution in [0.1, 0.15) is 24.0 Å². The monoisotopic (exact) mass is 441 g/mol. The predicted molar refractivity (Wildman–Crippen MR) is 123 cm³/mol. The normalized spacial score (nSPS) is 14.5. The smallest absolute Gasteiger partial charge is 0.321 e. The van der Waals surface area contributed by atoms with E-state index in [2.05, 4.69) is 36.3 Å². The van der Waals surface area contributed by atoms with Crippen LogP contribution in [0, 0.1) is 13.8 Å². The molecule has 0 spiro atoms. The van der Waals surface area contributed by atoms with Crippen LogP contribution in [0.2, 0.25) is 0 Å². The van der Waals surface area contributed by atoms with Crippen LogP contribution in [-0.2, 0) is 0 Å². The Balaban J connectivity index is 1.35. The van der Waals surface area contributed by atoms with Gasteiger partial charge in [-0.05, 0) is 25.0 Å². The number of benzene rings is 2. The third-order valence-electron chi connectivity index (χ3n) is 5.52. The molecule has 0 unspecified atom stereocenters. The van der Waals surface area contributed by atoms with Crippen LogP contribution in [0.3, 0.4) is 0 Å². The van der Waals surface area contributed by atoms with E-state index in [-0.39, 0.29) is 12.1 Å². The number of aryl methyl sites for hydroxylation is 2. The summed E-state index contributed by atoms with van der Waals surface area (Å²) in [6.07, 6.45) is 1.59. The molecule has 1 aliphatic rings. The van der Waals surface area contributed by atoms with Crippen LogP contribution in [0.25, 0.3) is 10.2 Å². The quantitative estimate of drug-likeness (QED) is 0.603. The maximum atomic E-state index is 12.7. The molecule has 8 heteroatoms. The summed E-state index contributed by atoms with van der Waals surface area (Å²) in [7, 11) is 3.17. The van der Waals surface area contributed by atoms with Crippen LogP contribution in [0.15, 0.2) is 30.3 Å². The lowest BCUT2D eigenvalue weighted by Crippen LogP contribution is -2.43. The second-order valence-electron chi connectivity index (χ2n) is 7.69. The van der Waals surface area contributed by atoms with Gasteiger partial charge < -0.3 is 24.4 Å². The number of hydrogen-bond acceptors (Lipinski definition) is 6. The molecular weight excluding hydrogens is 414 g/mol. The maximum Gasteiger partial charge on any atom is 0.321 e. The van der Waals surface area contributed by atoms with Gasteiger partial charge in [0.15, 0.2) is 0 Å². The number of aromatic nitrogens is 1. The zero-order chi connectivity index (χ0) is 22.0. The van der Waals surface area contributed by atoms with Gasteiger partial charge in [-0.1, -0.05) is 23.5 Å². The van der Waals surface area contributed by atoms with Gasteiger partial charge in [0.05, 0.1) is 24.4 Å². The first-order valence-corrected chi connectivity index (χ1v) is 11.1. The Bertz CT molecular complexity index is 1030. The Morgan fingerprint density at radius 2 is 1.71 bits per heavy atom. The lowest BCUT2D eigenvalue weighted by atomic mass is 10.1. The van der Waals surface area contributed by atoms with Crippen LogP contribution in [-0.4, -0.2) is 49.3 Å². The van der Waals surface area contributed by atoms with E-state index in [1.807, 2.05) is 0 Å². The lowest BCUT2D eigenvalue weighted by Gasteiger charge is -2.31. The number of methoxy groups -OCH3 is 2. The molecule has 1 N–H and O–H groups in total. The van der Waals surface area contributed by atoms with Gasteiger partial charge in [0.25, 0.3) is 5.19 Å². The van der Waals surface area contributed by atoms with Gasteiger partial charge in [0.1, 0.15) is 17.6 Å². The highest BCUT2D eigenvalue weighted by Gasteiger charge is 2.25. The van der Waals surface area contributed by atoms with Crippen molar-refractivity contribution in [1.82, 2.24) is 9.88 Å². The number of piperidine rings is 1. The Hall–Kier alpha value is -3.00. The van der Waals surface area contributed by atoms with Crippen molar-refractivity contribution in [1.29, 1.82) is 0 Å². The Kier molecular flexibility index (Phi) is 6.18. The number of hydrogen-bond donors (Lipinski definition) is 1. The molecule has 4 rings (SSSR count). The van der Waals surface area contributed by atoms with Crippen molar-refractivity contribution in [2.45, 2.75) is 32.8 Å². The Labute approximate surface area is 185 Å². The summed E-state index contributed by atoms with van der Waals surface area (Å²) in [5.41, 5.74) is 4.03. The topological polar surface area (TPSA) is 72.9 Å². The number of rotatable bonds is 5. The van der Waals surface area contributed by atoms with Gasteiger partial charge in [0, 0.05) is 49.8 Å². The van der Waals surface area contributed by atoms with Crippen molar-refractivity contribution in [3.8, 4) is 16.7 Å². The van der Waals surface area contributed by atoms with E-state index in [4.69, 9.17) is 14.2 Å². The fraction of sp³-hybridized carbons (Fsp3) is 0.391. The van der Waals surface area contributed by atoms with Gasteiger partial charge in [-0.15, -0.1) is 0 Å². The Morgan fingerprint density at radius 1 is 1.06 bits per heavy atom. The van der Waals surface area contributed by atoms with Crippen molar-refractivity contribution in [2.24, 2.45) is 0 Å². The van der Waals surface area contributed by atoms with E-state index < -0.39 is 0 Å². The van der Waals surface area contributed by atoms with Gasteiger partial charge in [-0.2, -0.15) is 0 Å². The maximum absolute atomic E-state index is 12.7. The zero-order valence-corrected chi connectivity index (χ0v) is 19.0. The summed E-state index contributed by atoms with van der Waals surface area (Å²) >= 11 is 1.60. The van der Waals surface area contributed by atoms with Crippen molar-refractivity contribution < 1.29 is 19.0 Å². The third kappa shape index (κ3) is 4.69. The molecule has 0 aliphatic carbocycles. The van der Waals surface area contributed by atoms with E-state index in [0.717, 1.165) is 23.9 Å². The number of carbonyl (C=O) groups is 1. The number of nitrogens with one attached hydrogen (secondary N) is 1. The molecule has 1 aliphatic heterocycles. The van der Waals surface area contributed by atoms with Crippen molar-refractivity contribution in [2.75, 3.05) is 32.6 Å². The second kappa shape index (κ2) is 9.01. The van der Waals surface area contributed by atoms with Crippen molar-refractivity contribution in [3.05, 3.63) is 41.5 Å². The lowest BCUT2D eigenvalue weighted by molar-refractivity contribution is 0.115. The van der Waals surface area contributed by atoms with Crippen molar-refractivity contribution in [3.63, 3.8) is 0 Å². The fourth-order valence-electron chi connectivity index (χ4n) is 3.69. The van der Waals surface area contributed by atoms with E-state index in [0.29, 0.717) is 35.5 Å². The number of likely N-dealkylation sites (tertiary alicyclic amines) is 1. The van der Waals surface area contributed by atoms with Gasteiger partial charge >= 0.3 is 6.03 Å². The number of urea groups is 1. The largest absolute Gasteiger partial charge is 0.497 e. The van der Waals surface area contributed by atoms with Gasteiger partial charge in [-0.3, -0.25) is 0 Å². The molecule has 1 aromatic heterocycles. The van der Waals surface area contributed by atoms with Gasteiger partial charge in [-0.25, -0.2) is 9.78 Å². The molecule has 2 aromatic carbocycles. The number of fused-ring (bicyclic) bond motifs is 1. The van der Waals surface area contributed by atoms with Crippen molar-refractivity contribution >= 4 is 33.3 Å². The van der Waals surface area contributed by atoms with Gasteiger partial charge in [0.2, 0.25) is 0 Å². The summed E-state index contributed by atoms with van der Waals surface area (Å²) in [5.74, 6) is 1.26. The summed E-state index contributed by atoms with van der Waals surface area (Å²) in [6, 6.07) is 9.38. The van der Waals surface area contributed by atoms with Crippen LogP contribution in [0.5, 0.6) is 16.7 Å². The molecule has 1 saturated heterocycles. The first kappa shape index (κ1) is 21.2. The standard InChI is InChI=1S/C23H27N3O4S/c1-14-5-6-15(2)21-20(14)25-23(31-21)30-17-7-9-26(10-8-17)22(27)24-16-11-18(28-3)13-19(12-16)29-4/h5-6,11-13,17H,7-10H2,1-4H3,(H,24,27). The minimum absolute atomic E-state index is 0.0575. The number of carbonyl (C=O) groups excluding carboxylic acids is 1. The molecule has 3 aromatic rings. The number of anilines is 1. The minimum Gasteiger partial charge on any atom is -0.497 e. The highest BCUT2D eigenvalue weighted by molar-refractivity contribution is 7.20. The average molecular weight is 442 g/mol. The Morgan fingerprint density at radius 3 is 2.32 bits per heavy atom. The number of thiazole rings is 1. The molecule has 0 bridgehead atoms. The summed E-state index contributed by atoms with van der Waals surface area (Å²) in [4.78, 5) is 19.2. The molecular formula is C23H27N3O4S. The predicted octanol–water partition coefficient (Wildman–Crippen LogP) is 5.01. The SMILES string of the molecule is COc1cc(NC(=O)N2CCC(Oc3nc4c(C)ccc(C)c4s3)CC2)cc(OC)c1. The summed E-state index contributed by atoms with van der Waals surface area (Å²) in [6.45, 7) is 5.42. The third-order valence-corrected chi connectivity index (χ3v) is 6.60. The zero-order valence-electron chi connectivity index (χ0n) is 18.2. The highest BCUT2D eigenvalue weighted by atomic mass is 32.1. The van der Waals surface area contributed by atoms with E-state index in [1.165, 1.54) is 10.3 Å². The summed E-state index contributed by atoms with van der Waals surface area (Å²) in [5, 5.41) is 3.64. The molecule has 7 nitrogen and oxygen atoms in total. The number of nitrogens with zero attached hydrogens (tertiary/aromatic N) is 2. The highest BCUT2D eigenvalue weighted by Crippen LogP contribution is 2.34. The molecule has 2 heterocycles. The molecule has 31 heavy (non-hydrogen) atoms. The first-order valence-electron chi connectivity index (χ1n) is 10.3.